The maximum absolute atomic E-state index is 13.1. The number of carbonyl (C=O) groups is 2. The SMILES string of the molecule is CCCCOCCCN1C(=O)C(Sc2ccc(Cl)cc2)=C(c2ccccc2)C1=O. The number of halogens is 1. The highest BCUT2D eigenvalue weighted by atomic mass is 35.5. The molecule has 0 atom stereocenters. The van der Waals surface area contributed by atoms with E-state index >= 15 is 0 Å². The molecule has 0 radical (unpaired) electrons. The van der Waals surface area contributed by atoms with E-state index in [1.165, 1.54) is 16.7 Å². The van der Waals surface area contributed by atoms with Crippen molar-refractivity contribution in [2.45, 2.75) is 31.1 Å². The lowest BCUT2D eigenvalue weighted by Crippen LogP contribution is -2.33. The third-order valence-electron chi connectivity index (χ3n) is 4.53. The minimum atomic E-state index is -0.248. The highest BCUT2D eigenvalue weighted by Crippen LogP contribution is 2.39. The van der Waals surface area contributed by atoms with Crippen LogP contribution in [0.5, 0.6) is 0 Å². The van der Waals surface area contributed by atoms with Crippen molar-refractivity contribution in [2.24, 2.45) is 0 Å². The van der Waals surface area contributed by atoms with Gasteiger partial charge in [-0.3, -0.25) is 14.5 Å². The van der Waals surface area contributed by atoms with Crippen molar-refractivity contribution in [1.29, 1.82) is 0 Å². The van der Waals surface area contributed by atoms with Crippen LogP contribution >= 0.6 is 23.4 Å². The Morgan fingerprint density at radius 1 is 0.931 bits per heavy atom. The number of imide groups is 1. The van der Waals surface area contributed by atoms with Gasteiger partial charge in [0.2, 0.25) is 0 Å². The van der Waals surface area contributed by atoms with Crippen molar-refractivity contribution in [3.8, 4) is 0 Å². The molecule has 0 N–H and O–H groups in total. The number of carbonyl (C=O) groups excluding carboxylic acids is 2. The number of ether oxygens (including phenoxy) is 1. The van der Waals surface area contributed by atoms with Gasteiger partial charge in [-0.05, 0) is 42.7 Å². The predicted molar refractivity (Wildman–Crippen MR) is 118 cm³/mol. The number of hydrogen-bond acceptors (Lipinski definition) is 4. The van der Waals surface area contributed by atoms with E-state index in [-0.39, 0.29) is 11.8 Å². The third kappa shape index (κ3) is 5.50. The maximum Gasteiger partial charge on any atom is 0.268 e. The summed E-state index contributed by atoms with van der Waals surface area (Å²) in [6.45, 7) is 3.72. The Kier molecular flexibility index (Phi) is 7.92. The number of benzene rings is 2. The van der Waals surface area contributed by atoms with Gasteiger partial charge in [-0.25, -0.2) is 0 Å². The van der Waals surface area contributed by atoms with E-state index in [1.807, 2.05) is 42.5 Å². The molecule has 0 unspecified atom stereocenters. The van der Waals surface area contributed by atoms with Crippen LogP contribution in [0.3, 0.4) is 0 Å². The van der Waals surface area contributed by atoms with E-state index in [4.69, 9.17) is 16.3 Å². The molecule has 3 rings (SSSR count). The Bertz CT molecular complexity index is 881. The first-order chi connectivity index (χ1) is 14.1. The van der Waals surface area contributed by atoms with Crippen LogP contribution in [0.1, 0.15) is 31.7 Å². The topological polar surface area (TPSA) is 46.6 Å². The molecule has 0 aliphatic carbocycles. The van der Waals surface area contributed by atoms with Gasteiger partial charge in [-0.15, -0.1) is 0 Å². The molecule has 0 spiro atoms. The van der Waals surface area contributed by atoms with Crippen molar-refractivity contribution in [3.63, 3.8) is 0 Å². The minimum Gasteiger partial charge on any atom is -0.381 e. The first-order valence-corrected chi connectivity index (χ1v) is 11.0. The lowest BCUT2D eigenvalue weighted by Gasteiger charge is -2.15. The zero-order valence-electron chi connectivity index (χ0n) is 16.4. The van der Waals surface area contributed by atoms with Gasteiger partial charge in [0.25, 0.3) is 11.8 Å². The van der Waals surface area contributed by atoms with Gasteiger partial charge >= 0.3 is 0 Å². The van der Waals surface area contributed by atoms with Crippen molar-refractivity contribution in [3.05, 3.63) is 70.1 Å². The molecule has 1 aliphatic heterocycles. The van der Waals surface area contributed by atoms with E-state index < -0.39 is 0 Å². The van der Waals surface area contributed by atoms with E-state index in [1.54, 1.807) is 12.1 Å². The second-order valence-electron chi connectivity index (χ2n) is 6.71. The van der Waals surface area contributed by atoms with E-state index in [0.717, 1.165) is 23.3 Å². The van der Waals surface area contributed by atoms with Gasteiger partial charge in [0.15, 0.2) is 0 Å². The summed E-state index contributed by atoms with van der Waals surface area (Å²) in [5.41, 5.74) is 1.21. The summed E-state index contributed by atoms with van der Waals surface area (Å²) >= 11 is 7.27. The first kappa shape index (κ1) is 21.6. The van der Waals surface area contributed by atoms with Crippen molar-refractivity contribution in [2.75, 3.05) is 19.8 Å². The highest BCUT2D eigenvalue weighted by molar-refractivity contribution is 8.04. The molecule has 0 fully saturated rings. The third-order valence-corrected chi connectivity index (χ3v) is 5.88. The Hall–Kier alpha value is -2.08. The standard InChI is InChI=1S/C23H24ClNO3S/c1-2-3-15-28-16-7-14-25-22(26)20(17-8-5-4-6-9-17)21(23(25)27)29-19-12-10-18(24)11-13-19/h4-6,8-13H,2-3,7,14-16H2,1H3. The molecule has 4 nitrogen and oxygen atoms in total. The smallest absolute Gasteiger partial charge is 0.268 e. The monoisotopic (exact) mass is 429 g/mol. The van der Waals surface area contributed by atoms with Crippen molar-refractivity contribution < 1.29 is 14.3 Å². The van der Waals surface area contributed by atoms with Crippen LogP contribution in [0.15, 0.2) is 64.4 Å². The second kappa shape index (κ2) is 10.6. The van der Waals surface area contributed by atoms with Crippen molar-refractivity contribution in [1.82, 2.24) is 4.90 Å². The largest absolute Gasteiger partial charge is 0.381 e. The molecule has 2 aromatic carbocycles. The minimum absolute atomic E-state index is 0.244. The summed E-state index contributed by atoms with van der Waals surface area (Å²) in [7, 11) is 0. The zero-order valence-corrected chi connectivity index (χ0v) is 18.0. The van der Waals surface area contributed by atoms with Gasteiger partial charge < -0.3 is 4.74 Å². The van der Waals surface area contributed by atoms with Gasteiger partial charge in [0.1, 0.15) is 0 Å². The van der Waals surface area contributed by atoms with Gasteiger partial charge in [-0.2, -0.15) is 0 Å². The lowest BCUT2D eigenvalue weighted by molar-refractivity contribution is -0.136. The summed E-state index contributed by atoms with van der Waals surface area (Å²) in [6, 6.07) is 16.6. The molecular weight excluding hydrogens is 406 g/mol. The second-order valence-corrected chi connectivity index (χ2v) is 8.23. The number of amides is 2. The zero-order chi connectivity index (χ0) is 20.6. The summed E-state index contributed by atoms with van der Waals surface area (Å²) in [5.74, 6) is -0.492. The number of unbranched alkanes of at least 4 members (excludes halogenated alkanes) is 1. The van der Waals surface area contributed by atoms with Gasteiger partial charge in [0, 0.05) is 29.7 Å². The molecule has 0 bridgehead atoms. The fourth-order valence-electron chi connectivity index (χ4n) is 3.00. The predicted octanol–water partition coefficient (Wildman–Crippen LogP) is 5.42. The molecular formula is C23H24ClNO3S. The quantitative estimate of drug-likeness (QED) is 0.373. The molecule has 2 aromatic rings. The Morgan fingerprint density at radius 3 is 2.31 bits per heavy atom. The summed E-state index contributed by atoms with van der Waals surface area (Å²) in [6.07, 6.45) is 2.73. The fraction of sp³-hybridized carbons (Fsp3) is 0.304. The molecule has 1 aliphatic rings. The van der Waals surface area contributed by atoms with Crippen LogP contribution in [0.2, 0.25) is 5.02 Å². The number of nitrogens with zero attached hydrogens (tertiary/aromatic N) is 1. The molecule has 0 saturated carbocycles. The Morgan fingerprint density at radius 2 is 1.62 bits per heavy atom. The summed E-state index contributed by atoms with van der Waals surface area (Å²) in [5, 5.41) is 0.630. The van der Waals surface area contributed by atoms with E-state index in [9.17, 15) is 9.59 Å². The van der Waals surface area contributed by atoms with Crippen LogP contribution in [-0.4, -0.2) is 36.5 Å². The molecule has 1 heterocycles. The van der Waals surface area contributed by atoms with Gasteiger partial charge in [-0.1, -0.05) is 67.0 Å². The first-order valence-electron chi connectivity index (χ1n) is 9.79. The van der Waals surface area contributed by atoms with Crippen LogP contribution in [0.25, 0.3) is 5.57 Å². The summed E-state index contributed by atoms with van der Waals surface area (Å²) < 4.78 is 5.57. The lowest BCUT2D eigenvalue weighted by atomic mass is 10.1. The van der Waals surface area contributed by atoms with Gasteiger partial charge in [0.05, 0.1) is 10.5 Å². The molecule has 29 heavy (non-hydrogen) atoms. The fourth-order valence-corrected chi connectivity index (χ4v) is 4.14. The van der Waals surface area contributed by atoms with Crippen LogP contribution in [-0.2, 0) is 14.3 Å². The van der Waals surface area contributed by atoms with Crippen LogP contribution < -0.4 is 0 Å². The Labute approximate surface area is 180 Å². The maximum atomic E-state index is 13.1. The van der Waals surface area contributed by atoms with E-state index in [0.29, 0.717) is 41.7 Å². The number of hydrogen-bond donors (Lipinski definition) is 0. The van der Waals surface area contributed by atoms with Crippen LogP contribution in [0.4, 0.5) is 0 Å². The number of rotatable bonds is 10. The molecule has 0 saturated heterocycles. The normalized spacial score (nSPS) is 14.2. The average molecular weight is 430 g/mol. The highest BCUT2D eigenvalue weighted by Gasteiger charge is 2.39. The molecule has 2 amide bonds. The van der Waals surface area contributed by atoms with E-state index in [2.05, 4.69) is 6.92 Å². The van der Waals surface area contributed by atoms with Crippen LogP contribution in [0, 0.1) is 0 Å². The number of thioether (sulfide) groups is 1. The van der Waals surface area contributed by atoms with Crippen molar-refractivity contribution >= 4 is 40.8 Å². The molecule has 152 valence electrons. The Balaban J connectivity index is 1.78. The molecule has 0 aromatic heterocycles. The summed E-state index contributed by atoms with van der Waals surface area (Å²) in [4.78, 5) is 28.9. The average Bonchev–Trinajstić information content (AvgIpc) is 2.97. The molecule has 6 heteroatoms.